The van der Waals surface area contributed by atoms with Gasteiger partial charge < -0.3 is 10.2 Å². The fourth-order valence-corrected chi connectivity index (χ4v) is 3.07. The van der Waals surface area contributed by atoms with Crippen LogP contribution in [-0.2, 0) is 4.79 Å². The minimum absolute atomic E-state index is 0.160. The molecule has 1 aliphatic heterocycles. The predicted molar refractivity (Wildman–Crippen MR) is 93.7 cm³/mol. The van der Waals surface area contributed by atoms with Crippen molar-refractivity contribution in [2.45, 2.75) is 12.8 Å². The third-order valence-corrected chi connectivity index (χ3v) is 4.49. The van der Waals surface area contributed by atoms with Gasteiger partial charge in [0.2, 0.25) is 16.9 Å². The smallest absolute Gasteiger partial charge is 0.348 e. The lowest BCUT2D eigenvalue weighted by molar-refractivity contribution is -0.384. The van der Waals surface area contributed by atoms with Crippen LogP contribution in [0.3, 0.4) is 0 Å². The topological polar surface area (TPSA) is 101 Å². The third-order valence-electron chi connectivity index (χ3n) is 4.22. The number of carbonyl (C=O) groups excluding carboxylic acids is 1. The first-order chi connectivity index (χ1) is 12.5. The van der Waals surface area contributed by atoms with Crippen molar-refractivity contribution in [2.75, 3.05) is 23.3 Å². The maximum absolute atomic E-state index is 12.9. The van der Waals surface area contributed by atoms with Gasteiger partial charge in [-0.3, -0.25) is 14.9 Å². The van der Waals surface area contributed by atoms with Crippen LogP contribution in [-0.4, -0.2) is 33.9 Å². The SMILES string of the molecule is O=C(Nc1ccc(F)cc1)C1CCN(c2ncnc(Cl)c2[N+](=O)[O-])CC1. The standard InChI is InChI=1S/C16H15ClFN5O3/c17-14-13(23(25)26)15(20-9-19-14)22-7-5-10(6-8-22)16(24)21-12-3-1-11(18)2-4-12/h1-4,9-10H,5-8H2,(H,21,24). The molecule has 8 nitrogen and oxygen atoms in total. The Morgan fingerprint density at radius 1 is 1.27 bits per heavy atom. The molecule has 0 radical (unpaired) electrons. The number of nitrogens with one attached hydrogen (secondary N) is 1. The second kappa shape index (κ2) is 7.61. The van der Waals surface area contributed by atoms with Crippen LogP contribution in [0.4, 0.5) is 21.6 Å². The van der Waals surface area contributed by atoms with Gasteiger partial charge >= 0.3 is 5.69 Å². The number of carbonyl (C=O) groups is 1. The van der Waals surface area contributed by atoms with E-state index in [-0.39, 0.29) is 34.3 Å². The van der Waals surface area contributed by atoms with E-state index in [2.05, 4.69) is 15.3 Å². The minimum Gasteiger partial charge on any atom is -0.351 e. The molecule has 0 aliphatic carbocycles. The normalized spacial score (nSPS) is 14.9. The first-order valence-electron chi connectivity index (χ1n) is 7.92. The molecule has 1 aromatic carbocycles. The third kappa shape index (κ3) is 3.88. The molecule has 1 N–H and O–H groups in total. The number of nitrogens with zero attached hydrogens (tertiary/aromatic N) is 4. The average molecular weight is 380 g/mol. The number of rotatable bonds is 4. The van der Waals surface area contributed by atoms with Gasteiger partial charge in [0.05, 0.1) is 4.92 Å². The van der Waals surface area contributed by atoms with E-state index in [1.165, 1.54) is 30.6 Å². The molecule has 0 unspecified atom stereocenters. The monoisotopic (exact) mass is 379 g/mol. The molecule has 136 valence electrons. The number of anilines is 2. The van der Waals surface area contributed by atoms with Crippen molar-refractivity contribution in [2.24, 2.45) is 5.92 Å². The van der Waals surface area contributed by atoms with Crippen LogP contribution >= 0.6 is 11.6 Å². The minimum atomic E-state index is -0.606. The Morgan fingerprint density at radius 2 is 1.92 bits per heavy atom. The van der Waals surface area contributed by atoms with Crippen LogP contribution in [0.5, 0.6) is 0 Å². The fourth-order valence-electron chi connectivity index (χ4n) is 2.87. The Hall–Kier alpha value is -2.81. The summed E-state index contributed by atoms with van der Waals surface area (Å²) in [6.45, 7) is 0.853. The molecule has 2 heterocycles. The lowest BCUT2D eigenvalue weighted by atomic mass is 9.95. The molecule has 0 spiro atoms. The number of nitro groups is 1. The number of aromatic nitrogens is 2. The van der Waals surface area contributed by atoms with Crippen molar-refractivity contribution < 1.29 is 14.1 Å². The second-order valence-corrected chi connectivity index (χ2v) is 6.21. The molecule has 1 saturated heterocycles. The number of halogens is 2. The Labute approximate surface area is 153 Å². The number of amides is 1. The van der Waals surface area contributed by atoms with E-state index in [4.69, 9.17) is 11.6 Å². The van der Waals surface area contributed by atoms with E-state index in [1.807, 2.05) is 0 Å². The Morgan fingerprint density at radius 3 is 2.54 bits per heavy atom. The summed E-state index contributed by atoms with van der Waals surface area (Å²) in [7, 11) is 0. The number of hydrogen-bond acceptors (Lipinski definition) is 6. The first kappa shape index (κ1) is 18.0. The fraction of sp³-hybridized carbons (Fsp3) is 0.312. The molecule has 3 rings (SSSR count). The van der Waals surface area contributed by atoms with Gasteiger partial charge in [-0.05, 0) is 37.1 Å². The maximum Gasteiger partial charge on any atom is 0.348 e. The second-order valence-electron chi connectivity index (χ2n) is 5.85. The van der Waals surface area contributed by atoms with Gasteiger partial charge in [0.15, 0.2) is 0 Å². The van der Waals surface area contributed by atoms with E-state index in [1.54, 1.807) is 4.90 Å². The summed E-state index contributed by atoms with van der Waals surface area (Å²) in [6.07, 6.45) is 2.19. The molecular weight excluding hydrogens is 365 g/mol. The van der Waals surface area contributed by atoms with Crippen LogP contribution < -0.4 is 10.2 Å². The molecule has 0 atom stereocenters. The van der Waals surface area contributed by atoms with E-state index < -0.39 is 4.92 Å². The Kier molecular flexibility index (Phi) is 5.27. The Balaban J connectivity index is 1.64. The molecule has 1 amide bonds. The highest BCUT2D eigenvalue weighted by Crippen LogP contribution is 2.33. The highest BCUT2D eigenvalue weighted by molar-refractivity contribution is 6.31. The van der Waals surface area contributed by atoms with Gasteiger partial charge in [-0.25, -0.2) is 14.4 Å². The Bertz CT molecular complexity index is 825. The quantitative estimate of drug-likeness (QED) is 0.497. The summed E-state index contributed by atoms with van der Waals surface area (Å²) in [5, 5.41) is 13.7. The zero-order valence-corrected chi connectivity index (χ0v) is 14.3. The summed E-state index contributed by atoms with van der Waals surface area (Å²) in [5.74, 6) is -0.618. The highest BCUT2D eigenvalue weighted by Gasteiger charge is 2.31. The molecular formula is C16H15ClFN5O3. The molecule has 1 aliphatic rings. The van der Waals surface area contributed by atoms with Crippen LogP contribution in [0.2, 0.25) is 5.15 Å². The van der Waals surface area contributed by atoms with Crippen molar-refractivity contribution >= 4 is 34.7 Å². The highest BCUT2D eigenvalue weighted by atomic mass is 35.5. The largest absolute Gasteiger partial charge is 0.351 e. The summed E-state index contributed by atoms with van der Waals surface area (Å²) in [4.78, 5) is 32.3. The van der Waals surface area contributed by atoms with Gasteiger partial charge in [-0.2, -0.15) is 0 Å². The lowest BCUT2D eigenvalue weighted by Gasteiger charge is -2.31. The van der Waals surface area contributed by atoms with Crippen LogP contribution in [0.1, 0.15) is 12.8 Å². The summed E-state index contributed by atoms with van der Waals surface area (Å²) in [6, 6.07) is 5.54. The van der Waals surface area contributed by atoms with Crippen LogP contribution in [0.25, 0.3) is 0 Å². The van der Waals surface area contributed by atoms with Crippen molar-refractivity contribution in [3.8, 4) is 0 Å². The molecule has 2 aromatic rings. The predicted octanol–water partition coefficient (Wildman–Crippen LogP) is 3.03. The van der Waals surface area contributed by atoms with Gasteiger partial charge in [0.25, 0.3) is 0 Å². The molecule has 10 heteroatoms. The first-order valence-corrected chi connectivity index (χ1v) is 8.30. The van der Waals surface area contributed by atoms with Crippen molar-refractivity contribution in [3.05, 3.63) is 51.7 Å². The summed E-state index contributed by atoms with van der Waals surface area (Å²) in [5.41, 5.74) is 0.195. The van der Waals surface area contributed by atoms with Gasteiger partial charge in [0.1, 0.15) is 12.1 Å². The van der Waals surface area contributed by atoms with E-state index in [0.717, 1.165) is 0 Å². The number of hydrogen-bond donors (Lipinski definition) is 1. The van der Waals surface area contributed by atoms with Crippen molar-refractivity contribution in [3.63, 3.8) is 0 Å². The molecule has 0 saturated carbocycles. The van der Waals surface area contributed by atoms with E-state index in [9.17, 15) is 19.3 Å². The number of benzene rings is 1. The number of piperidine rings is 1. The van der Waals surface area contributed by atoms with Crippen LogP contribution in [0.15, 0.2) is 30.6 Å². The van der Waals surface area contributed by atoms with Crippen molar-refractivity contribution in [1.29, 1.82) is 0 Å². The van der Waals surface area contributed by atoms with E-state index >= 15 is 0 Å². The van der Waals surface area contributed by atoms with Crippen LogP contribution in [0, 0.1) is 21.8 Å². The molecule has 1 fully saturated rings. The maximum atomic E-state index is 12.9. The van der Waals surface area contributed by atoms with E-state index in [0.29, 0.717) is 31.6 Å². The molecule has 0 bridgehead atoms. The summed E-state index contributed by atoms with van der Waals surface area (Å²) < 4.78 is 12.9. The zero-order chi connectivity index (χ0) is 18.7. The lowest BCUT2D eigenvalue weighted by Crippen LogP contribution is -2.39. The van der Waals surface area contributed by atoms with Gasteiger partial charge in [-0.1, -0.05) is 11.6 Å². The van der Waals surface area contributed by atoms with Gasteiger partial charge in [0, 0.05) is 24.7 Å². The molecule has 26 heavy (non-hydrogen) atoms. The average Bonchev–Trinajstić information content (AvgIpc) is 2.63. The zero-order valence-electron chi connectivity index (χ0n) is 13.6. The van der Waals surface area contributed by atoms with Crippen molar-refractivity contribution in [1.82, 2.24) is 9.97 Å². The summed E-state index contributed by atoms with van der Waals surface area (Å²) >= 11 is 5.81. The molecule has 1 aromatic heterocycles. The van der Waals surface area contributed by atoms with Gasteiger partial charge in [-0.15, -0.1) is 0 Å².